The highest BCUT2D eigenvalue weighted by Crippen LogP contribution is 2.36. The number of carbonyl (C=O) groups excluding carboxylic acids is 3. The highest BCUT2D eigenvalue weighted by atomic mass is 19.3. The number of ether oxygens (including phenoxy) is 1. The van der Waals surface area contributed by atoms with Gasteiger partial charge in [-0.25, -0.2) is 14.2 Å². The Hall–Kier alpha value is -3.09. The number of alkyl halides is 2. The van der Waals surface area contributed by atoms with E-state index >= 15 is 4.39 Å². The van der Waals surface area contributed by atoms with Crippen molar-refractivity contribution in [3.05, 3.63) is 23.7 Å². The highest BCUT2D eigenvalue weighted by Gasteiger charge is 2.41. The van der Waals surface area contributed by atoms with Crippen molar-refractivity contribution in [2.24, 2.45) is 5.10 Å². The normalized spacial score (nSPS) is 26.1. The summed E-state index contributed by atoms with van der Waals surface area (Å²) in [6.07, 6.45) is -0.446. The summed E-state index contributed by atoms with van der Waals surface area (Å²) < 4.78 is 44.7. The van der Waals surface area contributed by atoms with Crippen molar-refractivity contribution in [2.45, 2.75) is 31.4 Å². The second-order valence-electron chi connectivity index (χ2n) is 7.36. The first-order chi connectivity index (χ1) is 14.7. The molecule has 0 aromatic heterocycles. The molecule has 3 rings (SSSR count). The van der Waals surface area contributed by atoms with Crippen LogP contribution in [0.2, 0.25) is 0 Å². The zero-order chi connectivity index (χ0) is 22.8. The largest absolute Gasteiger partial charge is 0.442 e. The summed E-state index contributed by atoms with van der Waals surface area (Å²) in [6.45, 7) is 1.13. The molecule has 1 fully saturated rings. The molecule has 170 valence electrons. The van der Waals surface area contributed by atoms with Gasteiger partial charge in [0.05, 0.1) is 25.2 Å². The van der Waals surface area contributed by atoms with E-state index in [0.29, 0.717) is 0 Å². The summed E-state index contributed by atoms with van der Waals surface area (Å²) in [6, 6.07) is 0. The van der Waals surface area contributed by atoms with Gasteiger partial charge in [0.25, 0.3) is 11.8 Å². The number of nitrogens with one attached hydrogen (secondary N) is 1. The first kappa shape index (κ1) is 22.6. The number of allylic oxidation sites excluding steroid dienone is 1. The Morgan fingerprint density at radius 1 is 1.42 bits per heavy atom. The van der Waals surface area contributed by atoms with Crippen molar-refractivity contribution in [2.75, 3.05) is 32.8 Å². The van der Waals surface area contributed by atoms with Crippen LogP contribution in [0.3, 0.4) is 0 Å². The molecule has 2 N–H and O–H groups in total. The fourth-order valence-electron chi connectivity index (χ4n) is 3.41. The molecule has 1 saturated heterocycles. The highest BCUT2D eigenvalue weighted by molar-refractivity contribution is 5.79. The number of halogens is 3. The van der Waals surface area contributed by atoms with Crippen LogP contribution in [0.4, 0.5) is 18.0 Å². The molecule has 2 unspecified atom stereocenters. The van der Waals surface area contributed by atoms with Crippen LogP contribution in [0.15, 0.2) is 28.8 Å². The Kier molecular flexibility index (Phi) is 6.53. The van der Waals surface area contributed by atoms with E-state index in [-0.39, 0.29) is 38.3 Å². The number of nitrogens with zero attached hydrogens (tertiary/aromatic N) is 4. The summed E-state index contributed by atoms with van der Waals surface area (Å²) >= 11 is 0. The summed E-state index contributed by atoms with van der Waals surface area (Å²) in [5.41, 5.74) is -0.830. The van der Waals surface area contributed by atoms with Gasteiger partial charge < -0.3 is 20.1 Å². The lowest BCUT2D eigenvalue weighted by Crippen LogP contribution is -2.53. The molecular weight excluding hydrogens is 423 g/mol. The number of carbonyl (C=O) groups is 3. The van der Waals surface area contributed by atoms with E-state index in [1.165, 1.54) is 17.3 Å². The number of hydrogen-bond donors (Lipinski definition) is 2. The molecule has 0 radical (unpaired) electrons. The minimum Gasteiger partial charge on any atom is -0.442 e. The van der Waals surface area contributed by atoms with E-state index in [1.54, 1.807) is 17.9 Å². The lowest BCUT2D eigenvalue weighted by molar-refractivity contribution is -0.135. The number of rotatable bonds is 6. The Morgan fingerprint density at radius 3 is 2.74 bits per heavy atom. The smallest absolute Gasteiger partial charge is 0.414 e. The van der Waals surface area contributed by atoms with Crippen LogP contribution in [-0.2, 0) is 14.3 Å². The van der Waals surface area contributed by atoms with Gasteiger partial charge in [-0.05, 0) is 19.4 Å². The van der Waals surface area contributed by atoms with Crippen molar-refractivity contribution < 1.29 is 37.4 Å². The van der Waals surface area contributed by atoms with Gasteiger partial charge >= 0.3 is 12.5 Å². The van der Waals surface area contributed by atoms with Crippen molar-refractivity contribution in [1.82, 2.24) is 20.1 Å². The van der Waals surface area contributed by atoms with Gasteiger partial charge in [-0.1, -0.05) is 6.08 Å². The molecule has 0 aromatic carbocycles. The number of amides is 3. The summed E-state index contributed by atoms with van der Waals surface area (Å²) in [4.78, 5) is 37.4. The molecule has 2 atom stereocenters. The van der Waals surface area contributed by atoms with E-state index in [4.69, 9.17) is 9.84 Å². The molecule has 31 heavy (non-hydrogen) atoms. The quantitative estimate of drug-likeness (QED) is 0.603. The van der Waals surface area contributed by atoms with Crippen molar-refractivity contribution in [1.29, 1.82) is 0 Å². The monoisotopic (exact) mass is 445 g/mol. The van der Waals surface area contributed by atoms with Gasteiger partial charge in [0.1, 0.15) is 24.9 Å². The third-order valence-corrected chi connectivity index (χ3v) is 5.33. The Morgan fingerprint density at radius 2 is 2.16 bits per heavy atom. The predicted octanol–water partition coefficient (Wildman–Crippen LogP) is 0.168. The first-order valence-electron chi connectivity index (χ1n) is 9.49. The molecule has 0 aromatic rings. The molecule has 1 aliphatic carbocycles. The molecule has 2 heterocycles. The van der Waals surface area contributed by atoms with Crippen LogP contribution in [-0.4, -0.2) is 95.0 Å². The number of hydrogen-bond acceptors (Lipinski definition) is 7. The standard InChI is InChI=1S/C18H22F3N5O5/c1-18(24-4-5-26(23-10-24)14(28)9-27)3-2-11(6-13(18)19)25-8-12(31-17(25)30)7-22-16(29)15(20)21/h2,6,10,12,15,27H,3-5,7-9H2,1H3,(H,22,29). The summed E-state index contributed by atoms with van der Waals surface area (Å²) in [5, 5.41) is 15.9. The Bertz CT molecular complexity index is 848. The maximum atomic E-state index is 15.1. The van der Waals surface area contributed by atoms with Crippen LogP contribution in [0, 0.1) is 0 Å². The van der Waals surface area contributed by atoms with Crippen LogP contribution >= 0.6 is 0 Å². The van der Waals surface area contributed by atoms with Crippen molar-refractivity contribution >= 4 is 24.2 Å². The maximum Gasteiger partial charge on any atom is 0.414 e. The Balaban J connectivity index is 1.63. The predicted molar refractivity (Wildman–Crippen MR) is 100 cm³/mol. The molecule has 3 amide bonds. The van der Waals surface area contributed by atoms with E-state index in [9.17, 15) is 23.2 Å². The third kappa shape index (κ3) is 4.65. The van der Waals surface area contributed by atoms with Crippen molar-refractivity contribution in [3.8, 4) is 0 Å². The topological polar surface area (TPSA) is 115 Å². The average Bonchev–Trinajstić information content (AvgIpc) is 3.13. The fourth-order valence-corrected chi connectivity index (χ4v) is 3.41. The van der Waals surface area contributed by atoms with E-state index in [1.807, 2.05) is 5.32 Å². The van der Waals surface area contributed by atoms with E-state index in [0.717, 1.165) is 5.01 Å². The molecule has 2 aliphatic heterocycles. The lowest BCUT2D eigenvalue weighted by atomic mass is 9.88. The number of aliphatic hydroxyl groups excluding tert-OH is 1. The van der Waals surface area contributed by atoms with Crippen LogP contribution in [0.25, 0.3) is 0 Å². The zero-order valence-corrected chi connectivity index (χ0v) is 16.6. The number of hydrazone groups is 1. The second-order valence-corrected chi connectivity index (χ2v) is 7.36. The molecule has 0 spiro atoms. The lowest BCUT2D eigenvalue weighted by Gasteiger charge is -2.43. The van der Waals surface area contributed by atoms with Crippen LogP contribution < -0.4 is 5.32 Å². The maximum absolute atomic E-state index is 15.1. The van der Waals surface area contributed by atoms with Crippen molar-refractivity contribution in [3.63, 3.8) is 0 Å². The molecule has 0 saturated carbocycles. The molecule has 0 bridgehead atoms. The summed E-state index contributed by atoms with van der Waals surface area (Å²) in [5.74, 6) is -2.56. The van der Waals surface area contributed by atoms with Gasteiger partial charge in [0.15, 0.2) is 0 Å². The van der Waals surface area contributed by atoms with E-state index < -0.39 is 48.4 Å². The molecule has 3 aliphatic rings. The third-order valence-electron chi connectivity index (χ3n) is 5.33. The summed E-state index contributed by atoms with van der Waals surface area (Å²) in [7, 11) is 0. The van der Waals surface area contributed by atoms with Gasteiger partial charge in [-0.2, -0.15) is 13.9 Å². The van der Waals surface area contributed by atoms with E-state index in [2.05, 4.69) is 5.10 Å². The van der Waals surface area contributed by atoms with Gasteiger partial charge in [-0.15, -0.1) is 0 Å². The van der Waals surface area contributed by atoms with Crippen LogP contribution in [0.1, 0.15) is 13.3 Å². The Labute approximate surface area is 175 Å². The second kappa shape index (κ2) is 8.96. The fraction of sp³-hybridized carbons (Fsp3) is 0.556. The SMILES string of the molecule is CC1(N2C=NN(C(=O)CO)CC2)CC=C(N2CC(CNC(=O)C(F)F)OC2=O)C=C1F. The average molecular weight is 445 g/mol. The van der Waals surface area contributed by atoms with Gasteiger partial charge in [0.2, 0.25) is 0 Å². The zero-order valence-electron chi connectivity index (χ0n) is 16.6. The molecular formula is C18H22F3N5O5. The minimum absolute atomic E-state index is 0.0297. The molecule has 13 heteroatoms. The van der Waals surface area contributed by atoms with Gasteiger partial charge in [-0.3, -0.25) is 14.5 Å². The molecule has 10 nitrogen and oxygen atoms in total. The minimum atomic E-state index is -3.17. The number of aliphatic hydroxyl groups is 1. The first-order valence-corrected chi connectivity index (χ1v) is 9.49. The van der Waals surface area contributed by atoms with Crippen LogP contribution in [0.5, 0.6) is 0 Å². The number of cyclic esters (lactones) is 1. The van der Waals surface area contributed by atoms with Gasteiger partial charge in [0, 0.05) is 12.2 Å².